The zero-order valence-electron chi connectivity index (χ0n) is 17.7. The summed E-state index contributed by atoms with van der Waals surface area (Å²) in [5, 5.41) is 11.2. The van der Waals surface area contributed by atoms with E-state index in [1.165, 1.54) is 23.3 Å². The van der Waals surface area contributed by atoms with E-state index in [9.17, 15) is 14.9 Å². The quantitative estimate of drug-likeness (QED) is 0.496. The highest BCUT2D eigenvalue weighted by Crippen LogP contribution is 2.26. The highest BCUT2D eigenvalue weighted by molar-refractivity contribution is 6.32. The van der Waals surface area contributed by atoms with Gasteiger partial charge >= 0.3 is 0 Å². The van der Waals surface area contributed by atoms with Crippen molar-refractivity contribution < 1.29 is 9.72 Å². The molecule has 160 valence electrons. The first kappa shape index (κ1) is 22.2. The molecular formula is C23H28ClN3O3. The molecule has 0 N–H and O–H groups in total. The van der Waals surface area contributed by atoms with E-state index in [0.717, 1.165) is 18.7 Å². The molecule has 1 saturated heterocycles. The van der Waals surface area contributed by atoms with Gasteiger partial charge in [-0.25, -0.2) is 0 Å². The van der Waals surface area contributed by atoms with Gasteiger partial charge < -0.3 is 4.90 Å². The van der Waals surface area contributed by atoms with Crippen molar-refractivity contribution in [2.24, 2.45) is 0 Å². The van der Waals surface area contributed by atoms with Crippen LogP contribution in [0.25, 0.3) is 0 Å². The maximum Gasteiger partial charge on any atom is 0.288 e. The van der Waals surface area contributed by atoms with E-state index in [2.05, 4.69) is 49.9 Å². The molecule has 30 heavy (non-hydrogen) atoms. The molecule has 0 aliphatic carbocycles. The Balaban J connectivity index is 1.58. The van der Waals surface area contributed by atoms with Crippen molar-refractivity contribution in [3.05, 3.63) is 74.3 Å². The molecule has 0 radical (unpaired) electrons. The lowest BCUT2D eigenvalue weighted by Crippen LogP contribution is -2.57. The molecule has 1 amide bonds. The monoisotopic (exact) mass is 429 g/mol. The van der Waals surface area contributed by atoms with Crippen LogP contribution in [0.5, 0.6) is 0 Å². The number of rotatable bonds is 6. The maximum atomic E-state index is 12.9. The van der Waals surface area contributed by atoms with Crippen LogP contribution < -0.4 is 0 Å². The topological polar surface area (TPSA) is 66.7 Å². The molecule has 0 aromatic heterocycles. The Morgan fingerprint density at radius 3 is 2.43 bits per heavy atom. The number of nitrogens with zero attached hydrogens (tertiary/aromatic N) is 3. The summed E-state index contributed by atoms with van der Waals surface area (Å²) >= 11 is 5.87. The van der Waals surface area contributed by atoms with Gasteiger partial charge in [-0.05, 0) is 44.4 Å². The second kappa shape index (κ2) is 9.58. The lowest BCUT2D eigenvalue weighted by Gasteiger charge is -2.44. The Bertz CT molecular complexity index is 916. The zero-order chi connectivity index (χ0) is 21.8. The summed E-state index contributed by atoms with van der Waals surface area (Å²) in [5.74, 6) is 0.0851. The van der Waals surface area contributed by atoms with Crippen LogP contribution >= 0.6 is 11.6 Å². The number of amides is 1. The van der Waals surface area contributed by atoms with Crippen LogP contribution in [0.1, 0.15) is 37.0 Å². The van der Waals surface area contributed by atoms with Crippen molar-refractivity contribution in [1.82, 2.24) is 9.80 Å². The second-order valence-electron chi connectivity index (χ2n) is 8.20. The molecule has 7 heteroatoms. The van der Waals surface area contributed by atoms with Gasteiger partial charge in [-0.15, -0.1) is 0 Å². The smallest absolute Gasteiger partial charge is 0.288 e. The molecular weight excluding hydrogens is 402 g/mol. The Hall–Kier alpha value is -2.44. The van der Waals surface area contributed by atoms with Crippen molar-refractivity contribution >= 4 is 23.2 Å². The van der Waals surface area contributed by atoms with Crippen LogP contribution in [0.4, 0.5) is 5.69 Å². The van der Waals surface area contributed by atoms with E-state index in [4.69, 9.17) is 11.6 Å². The van der Waals surface area contributed by atoms with Gasteiger partial charge in [0.15, 0.2) is 0 Å². The molecule has 0 saturated carbocycles. The number of halogens is 1. The molecule has 2 aromatic rings. The van der Waals surface area contributed by atoms with Crippen LogP contribution in [0.2, 0.25) is 5.02 Å². The number of piperazine rings is 1. The lowest BCUT2D eigenvalue weighted by atomic mass is 10.0. The third-order valence-corrected chi connectivity index (χ3v) is 6.10. The fraction of sp³-hybridized carbons (Fsp3) is 0.435. The molecule has 2 atom stereocenters. The predicted molar refractivity (Wildman–Crippen MR) is 119 cm³/mol. The third-order valence-electron chi connectivity index (χ3n) is 5.78. The second-order valence-corrected chi connectivity index (χ2v) is 8.61. The van der Waals surface area contributed by atoms with Gasteiger partial charge in [0.1, 0.15) is 5.02 Å². The van der Waals surface area contributed by atoms with Crippen LogP contribution in [-0.4, -0.2) is 45.8 Å². The number of benzene rings is 2. The number of nitro benzene ring substituents is 1. The maximum absolute atomic E-state index is 12.9. The summed E-state index contributed by atoms with van der Waals surface area (Å²) in [6.07, 6.45) is 0.787. The number of carbonyl (C=O) groups is 1. The first-order chi connectivity index (χ1) is 14.2. The summed E-state index contributed by atoms with van der Waals surface area (Å²) in [7, 11) is 0. The normalized spacial score (nSPS) is 19.7. The minimum atomic E-state index is -0.495. The Morgan fingerprint density at radius 2 is 1.77 bits per heavy atom. The molecule has 6 nitrogen and oxygen atoms in total. The summed E-state index contributed by atoms with van der Waals surface area (Å²) in [5.41, 5.74) is 3.16. The molecule has 0 bridgehead atoms. The van der Waals surface area contributed by atoms with Crippen molar-refractivity contribution in [3.63, 3.8) is 0 Å². The Labute approximate surface area is 182 Å². The van der Waals surface area contributed by atoms with Crippen molar-refractivity contribution in [3.8, 4) is 0 Å². The van der Waals surface area contributed by atoms with Crippen molar-refractivity contribution in [1.29, 1.82) is 0 Å². The van der Waals surface area contributed by atoms with Crippen LogP contribution in [0.3, 0.4) is 0 Å². The predicted octanol–water partition coefficient (Wildman–Crippen LogP) is 4.61. The van der Waals surface area contributed by atoms with Gasteiger partial charge in [0.25, 0.3) is 5.69 Å². The van der Waals surface area contributed by atoms with Gasteiger partial charge in [0.05, 0.1) is 4.92 Å². The highest BCUT2D eigenvalue weighted by Gasteiger charge is 2.31. The van der Waals surface area contributed by atoms with E-state index in [0.29, 0.717) is 19.4 Å². The highest BCUT2D eigenvalue weighted by atomic mass is 35.5. The van der Waals surface area contributed by atoms with E-state index < -0.39 is 4.92 Å². The van der Waals surface area contributed by atoms with Crippen molar-refractivity contribution in [2.45, 2.75) is 52.2 Å². The first-order valence-electron chi connectivity index (χ1n) is 10.3. The van der Waals surface area contributed by atoms with Gasteiger partial charge in [-0.2, -0.15) is 0 Å². The molecule has 1 fully saturated rings. The third kappa shape index (κ3) is 5.37. The number of hydrogen-bond acceptors (Lipinski definition) is 4. The van der Waals surface area contributed by atoms with Gasteiger partial charge in [-0.1, -0.05) is 47.5 Å². The van der Waals surface area contributed by atoms with Crippen LogP contribution in [0.15, 0.2) is 42.5 Å². The summed E-state index contributed by atoms with van der Waals surface area (Å²) in [6.45, 7) is 8.71. The van der Waals surface area contributed by atoms with Gasteiger partial charge in [0, 0.05) is 44.2 Å². The molecule has 1 aliphatic heterocycles. The fourth-order valence-electron chi connectivity index (χ4n) is 3.94. The average Bonchev–Trinajstić information content (AvgIpc) is 2.71. The molecule has 1 aliphatic rings. The Morgan fingerprint density at radius 1 is 1.10 bits per heavy atom. The van der Waals surface area contributed by atoms with Crippen LogP contribution in [-0.2, 0) is 17.8 Å². The minimum Gasteiger partial charge on any atom is -0.337 e. The number of aryl methyl sites for hydroxylation is 2. The minimum absolute atomic E-state index is 0.0851. The fourth-order valence-corrected chi connectivity index (χ4v) is 4.13. The van der Waals surface area contributed by atoms with Gasteiger partial charge in [-0.3, -0.25) is 19.8 Å². The van der Waals surface area contributed by atoms with E-state index in [-0.39, 0.29) is 28.7 Å². The largest absolute Gasteiger partial charge is 0.337 e. The van der Waals surface area contributed by atoms with Gasteiger partial charge in [0.2, 0.25) is 5.91 Å². The molecule has 3 rings (SSSR count). The molecule has 2 aromatic carbocycles. The number of carbonyl (C=O) groups excluding carboxylic acids is 1. The summed E-state index contributed by atoms with van der Waals surface area (Å²) < 4.78 is 0. The number of hydrogen-bond donors (Lipinski definition) is 0. The SMILES string of the molecule is Cc1ccc(CN2C[C@H](C)N(C(=O)CCc3ccc(Cl)c([N+](=O)[O-])c3)C[C@H]2C)cc1. The standard InChI is InChI=1S/C23H28ClN3O3/c1-16-4-6-20(7-5-16)15-25-13-18(3)26(14-17(25)2)23(28)11-9-19-8-10-21(24)22(12-19)27(29)30/h4-8,10,12,17-18H,9,11,13-15H2,1-3H3/t17-,18+/m1/s1. The van der Waals surface area contributed by atoms with E-state index >= 15 is 0 Å². The Kier molecular flexibility index (Phi) is 7.10. The molecule has 0 unspecified atom stereocenters. The summed E-state index contributed by atoms with van der Waals surface area (Å²) in [6, 6.07) is 13.7. The summed E-state index contributed by atoms with van der Waals surface area (Å²) in [4.78, 5) is 27.8. The molecule has 1 heterocycles. The zero-order valence-corrected chi connectivity index (χ0v) is 18.4. The molecule has 0 spiro atoms. The van der Waals surface area contributed by atoms with Crippen LogP contribution in [0, 0.1) is 17.0 Å². The average molecular weight is 430 g/mol. The first-order valence-corrected chi connectivity index (χ1v) is 10.6. The van der Waals surface area contributed by atoms with E-state index in [1.807, 2.05) is 4.90 Å². The number of nitro groups is 1. The lowest BCUT2D eigenvalue weighted by molar-refractivity contribution is -0.384. The van der Waals surface area contributed by atoms with Crippen molar-refractivity contribution in [2.75, 3.05) is 13.1 Å². The van der Waals surface area contributed by atoms with E-state index in [1.54, 1.807) is 6.07 Å².